The second-order valence-electron chi connectivity index (χ2n) is 3.76. The summed E-state index contributed by atoms with van der Waals surface area (Å²) in [5.74, 6) is -3.21. The molecule has 0 bridgehead atoms. The first-order chi connectivity index (χ1) is 8.99. The highest BCUT2D eigenvalue weighted by Gasteiger charge is 2.19. The summed E-state index contributed by atoms with van der Waals surface area (Å²) in [5, 5.41) is 19.6. The maximum atomic E-state index is 11.3. The Hall–Kier alpha value is -2.63. The normalized spacial score (nSPS) is 12.0. The number of hydrogen-bond acceptors (Lipinski definition) is 3. The Morgan fingerprint density at radius 1 is 1.11 bits per heavy atom. The number of carbonyl (C=O) groups excluding carboxylic acids is 1. The molecule has 0 saturated heterocycles. The fourth-order valence-electron chi connectivity index (χ4n) is 1.42. The largest absolute Gasteiger partial charge is 0.480 e. The predicted molar refractivity (Wildman–Crippen MR) is 66.5 cm³/mol. The lowest BCUT2D eigenvalue weighted by atomic mass is 10.1. The number of carbonyl (C=O) groups is 3. The summed E-state index contributed by atoms with van der Waals surface area (Å²) < 4.78 is 0. The lowest BCUT2D eigenvalue weighted by molar-refractivity contribution is -0.141. The third-order valence-corrected chi connectivity index (χ3v) is 2.27. The molecule has 1 unspecified atom stereocenters. The van der Waals surface area contributed by atoms with Crippen LogP contribution in [0.5, 0.6) is 0 Å². The SMILES string of the molecule is O=C(O)C=CC(=O)NC(Cc1ccccc1)C(=O)O. The van der Waals surface area contributed by atoms with E-state index in [0.717, 1.165) is 11.6 Å². The van der Waals surface area contributed by atoms with Gasteiger partial charge in [-0.1, -0.05) is 30.3 Å². The minimum absolute atomic E-state index is 0.128. The van der Waals surface area contributed by atoms with Gasteiger partial charge in [-0.2, -0.15) is 0 Å². The minimum Gasteiger partial charge on any atom is -0.480 e. The van der Waals surface area contributed by atoms with Gasteiger partial charge in [0, 0.05) is 18.6 Å². The number of benzene rings is 1. The summed E-state index contributed by atoms with van der Waals surface area (Å²) in [5.41, 5.74) is 0.761. The molecule has 0 saturated carbocycles. The van der Waals surface area contributed by atoms with Crippen molar-refractivity contribution in [2.45, 2.75) is 12.5 Å². The van der Waals surface area contributed by atoms with E-state index in [1.165, 1.54) is 0 Å². The van der Waals surface area contributed by atoms with Crippen LogP contribution in [0.15, 0.2) is 42.5 Å². The van der Waals surface area contributed by atoms with Gasteiger partial charge in [0.2, 0.25) is 5.91 Å². The molecule has 19 heavy (non-hydrogen) atoms. The predicted octanol–water partition coefficient (Wildman–Crippen LogP) is 0.439. The van der Waals surface area contributed by atoms with Crippen LogP contribution in [0.1, 0.15) is 5.56 Å². The van der Waals surface area contributed by atoms with E-state index in [1.54, 1.807) is 30.3 Å². The van der Waals surface area contributed by atoms with E-state index >= 15 is 0 Å². The van der Waals surface area contributed by atoms with Crippen molar-refractivity contribution in [1.82, 2.24) is 5.32 Å². The van der Waals surface area contributed by atoms with Crippen molar-refractivity contribution < 1.29 is 24.6 Å². The van der Waals surface area contributed by atoms with E-state index in [-0.39, 0.29) is 6.42 Å². The number of amides is 1. The van der Waals surface area contributed by atoms with Gasteiger partial charge >= 0.3 is 11.9 Å². The molecule has 0 aliphatic rings. The Balaban J connectivity index is 2.66. The standard InChI is InChI=1S/C13H13NO5/c15-11(6-7-12(16)17)14-10(13(18)19)8-9-4-2-1-3-5-9/h1-7,10H,8H2,(H,14,15)(H,16,17)(H,18,19). The first-order valence-corrected chi connectivity index (χ1v) is 5.47. The number of aliphatic carboxylic acids is 2. The average molecular weight is 263 g/mol. The van der Waals surface area contributed by atoms with Crippen molar-refractivity contribution in [3.05, 3.63) is 48.0 Å². The Kier molecular flexibility index (Phi) is 5.28. The van der Waals surface area contributed by atoms with Crippen LogP contribution in [0.3, 0.4) is 0 Å². The lowest BCUT2D eigenvalue weighted by Crippen LogP contribution is -2.41. The van der Waals surface area contributed by atoms with Crippen molar-refractivity contribution >= 4 is 17.8 Å². The van der Waals surface area contributed by atoms with Gasteiger partial charge in [-0.15, -0.1) is 0 Å². The maximum Gasteiger partial charge on any atom is 0.328 e. The Morgan fingerprint density at radius 2 is 1.74 bits per heavy atom. The second kappa shape index (κ2) is 6.95. The van der Waals surface area contributed by atoms with Gasteiger partial charge in [-0.3, -0.25) is 4.79 Å². The quantitative estimate of drug-likeness (QED) is 0.646. The minimum atomic E-state index is -1.27. The Bertz CT molecular complexity index is 495. The van der Waals surface area contributed by atoms with Crippen LogP contribution in [0.2, 0.25) is 0 Å². The summed E-state index contributed by atoms with van der Waals surface area (Å²) in [7, 11) is 0. The number of carboxylic acid groups (broad SMARTS) is 2. The zero-order valence-electron chi connectivity index (χ0n) is 9.95. The van der Waals surface area contributed by atoms with E-state index < -0.39 is 23.9 Å². The fourth-order valence-corrected chi connectivity index (χ4v) is 1.42. The van der Waals surface area contributed by atoms with E-state index in [2.05, 4.69) is 5.32 Å². The Morgan fingerprint density at radius 3 is 2.26 bits per heavy atom. The highest BCUT2D eigenvalue weighted by atomic mass is 16.4. The molecule has 0 aromatic heterocycles. The molecular formula is C13H13NO5. The van der Waals surface area contributed by atoms with Gasteiger partial charge < -0.3 is 15.5 Å². The van der Waals surface area contributed by atoms with Crippen LogP contribution < -0.4 is 5.32 Å². The monoisotopic (exact) mass is 263 g/mol. The van der Waals surface area contributed by atoms with Crippen LogP contribution in [0, 0.1) is 0 Å². The molecule has 0 radical (unpaired) electrons. The molecule has 0 heterocycles. The molecule has 1 atom stereocenters. The highest BCUT2D eigenvalue weighted by molar-refractivity contribution is 5.95. The molecule has 100 valence electrons. The third kappa shape index (κ3) is 5.49. The number of hydrogen-bond donors (Lipinski definition) is 3. The van der Waals surface area contributed by atoms with Gasteiger partial charge in [0.05, 0.1) is 0 Å². The van der Waals surface area contributed by atoms with Gasteiger partial charge in [0.1, 0.15) is 6.04 Å². The molecule has 0 aliphatic carbocycles. The summed E-state index contributed by atoms with van der Waals surface area (Å²) in [6, 6.07) is 7.71. The summed E-state index contributed by atoms with van der Waals surface area (Å²) in [6.07, 6.45) is 1.56. The number of rotatable bonds is 6. The maximum absolute atomic E-state index is 11.3. The fraction of sp³-hybridized carbons (Fsp3) is 0.154. The zero-order valence-corrected chi connectivity index (χ0v) is 9.95. The average Bonchev–Trinajstić information content (AvgIpc) is 2.36. The van der Waals surface area contributed by atoms with Crippen LogP contribution in [-0.4, -0.2) is 34.1 Å². The van der Waals surface area contributed by atoms with Gasteiger partial charge in [0.15, 0.2) is 0 Å². The summed E-state index contributed by atoms with van der Waals surface area (Å²) in [6.45, 7) is 0. The molecule has 1 aromatic carbocycles. The lowest BCUT2D eigenvalue weighted by Gasteiger charge is -2.13. The topological polar surface area (TPSA) is 104 Å². The van der Waals surface area contributed by atoms with Crippen LogP contribution in [0.25, 0.3) is 0 Å². The van der Waals surface area contributed by atoms with Crippen molar-refractivity contribution in [2.24, 2.45) is 0 Å². The molecule has 6 nitrogen and oxygen atoms in total. The highest BCUT2D eigenvalue weighted by Crippen LogP contribution is 2.03. The molecule has 6 heteroatoms. The van der Waals surface area contributed by atoms with Gasteiger partial charge in [-0.25, -0.2) is 9.59 Å². The van der Waals surface area contributed by atoms with Crippen molar-refractivity contribution in [3.63, 3.8) is 0 Å². The molecule has 1 rings (SSSR count). The van der Waals surface area contributed by atoms with Crippen LogP contribution in [-0.2, 0) is 20.8 Å². The first kappa shape index (κ1) is 14.4. The smallest absolute Gasteiger partial charge is 0.328 e. The molecule has 1 amide bonds. The summed E-state index contributed by atoms with van der Waals surface area (Å²) in [4.78, 5) is 32.6. The number of carboxylic acids is 2. The van der Waals surface area contributed by atoms with Gasteiger partial charge in [0.25, 0.3) is 0 Å². The molecule has 0 spiro atoms. The number of nitrogens with one attached hydrogen (secondary N) is 1. The molecule has 0 aliphatic heterocycles. The first-order valence-electron chi connectivity index (χ1n) is 5.47. The molecular weight excluding hydrogens is 250 g/mol. The zero-order chi connectivity index (χ0) is 14.3. The van der Waals surface area contributed by atoms with Crippen molar-refractivity contribution in [2.75, 3.05) is 0 Å². The molecule has 0 fully saturated rings. The van der Waals surface area contributed by atoms with Crippen molar-refractivity contribution in [3.8, 4) is 0 Å². The van der Waals surface area contributed by atoms with E-state index in [0.29, 0.717) is 6.08 Å². The van der Waals surface area contributed by atoms with Crippen LogP contribution >= 0.6 is 0 Å². The van der Waals surface area contributed by atoms with E-state index in [1.807, 2.05) is 0 Å². The van der Waals surface area contributed by atoms with Crippen LogP contribution in [0.4, 0.5) is 0 Å². The van der Waals surface area contributed by atoms with Crippen molar-refractivity contribution in [1.29, 1.82) is 0 Å². The molecule has 1 aromatic rings. The van der Waals surface area contributed by atoms with E-state index in [4.69, 9.17) is 10.2 Å². The third-order valence-electron chi connectivity index (χ3n) is 2.27. The Labute approximate surface area is 109 Å². The van der Waals surface area contributed by atoms with E-state index in [9.17, 15) is 14.4 Å². The molecule has 3 N–H and O–H groups in total. The van der Waals surface area contributed by atoms with Gasteiger partial charge in [-0.05, 0) is 5.56 Å². The second-order valence-corrected chi connectivity index (χ2v) is 3.76. The summed E-state index contributed by atoms with van der Waals surface area (Å²) >= 11 is 0.